The highest BCUT2D eigenvalue weighted by atomic mass is 35.5. The van der Waals surface area contributed by atoms with Crippen molar-refractivity contribution in [2.75, 3.05) is 27.2 Å². The summed E-state index contributed by atoms with van der Waals surface area (Å²) in [4.78, 5) is 21.9. The molecule has 0 bridgehead atoms. The average Bonchev–Trinajstić information content (AvgIpc) is 2.38. The van der Waals surface area contributed by atoms with Crippen molar-refractivity contribution < 1.29 is 14.5 Å². The van der Waals surface area contributed by atoms with Gasteiger partial charge in [-0.2, -0.15) is 0 Å². The molecule has 0 atom stereocenters. The fourth-order valence-electron chi connectivity index (χ4n) is 1.38. The maximum Gasteiger partial charge on any atom is 0.311 e. The predicted octanol–water partition coefficient (Wildman–Crippen LogP) is 0.974. The summed E-state index contributed by atoms with van der Waals surface area (Å²) in [5, 5.41) is 16.3. The Morgan fingerprint density at radius 3 is 2.63 bits per heavy atom. The van der Waals surface area contributed by atoms with Crippen LogP contribution < -0.4 is 15.4 Å². The molecule has 0 aromatic heterocycles. The van der Waals surface area contributed by atoms with Crippen molar-refractivity contribution in [1.29, 1.82) is 0 Å². The van der Waals surface area contributed by atoms with E-state index in [9.17, 15) is 14.9 Å². The number of nitrogens with one attached hydrogen (secondary N) is 2. The zero-order chi connectivity index (χ0) is 13.5. The lowest BCUT2D eigenvalue weighted by molar-refractivity contribution is -0.385. The molecule has 0 aliphatic carbocycles. The Kier molecular flexibility index (Phi) is 7.47. The van der Waals surface area contributed by atoms with Gasteiger partial charge in [-0.1, -0.05) is 0 Å². The molecule has 0 spiro atoms. The van der Waals surface area contributed by atoms with Crippen molar-refractivity contribution in [3.8, 4) is 5.75 Å². The third-order valence-electron chi connectivity index (χ3n) is 2.30. The summed E-state index contributed by atoms with van der Waals surface area (Å²) < 4.78 is 4.86. The number of amides is 1. The molecule has 106 valence electrons. The monoisotopic (exact) mass is 289 g/mol. The highest BCUT2D eigenvalue weighted by Gasteiger charge is 2.17. The maximum atomic E-state index is 11.7. The van der Waals surface area contributed by atoms with Gasteiger partial charge in [-0.25, -0.2) is 0 Å². The minimum Gasteiger partial charge on any atom is -0.490 e. The molecule has 0 aliphatic heterocycles. The molecule has 0 fully saturated rings. The Hall–Kier alpha value is -1.86. The molecule has 0 saturated carbocycles. The second-order valence-electron chi connectivity index (χ2n) is 3.50. The Labute approximate surface area is 116 Å². The highest BCUT2D eigenvalue weighted by Crippen LogP contribution is 2.27. The van der Waals surface area contributed by atoms with Gasteiger partial charge in [-0.15, -0.1) is 12.4 Å². The first kappa shape index (κ1) is 17.1. The van der Waals surface area contributed by atoms with E-state index < -0.39 is 4.92 Å². The lowest BCUT2D eigenvalue weighted by Crippen LogP contribution is -2.30. The summed E-state index contributed by atoms with van der Waals surface area (Å²) in [5.74, 6) is -0.220. The van der Waals surface area contributed by atoms with Crippen LogP contribution >= 0.6 is 12.4 Å². The molecule has 2 N–H and O–H groups in total. The number of nitro groups is 1. The molecule has 1 amide bonds. The molecule has 1 aromatic rings. The van der Waals surface area contributed by atoms with Crippen LogP contribution in [0.4, 0.5) is 5.69 Å². The van der Waals surface area contributed by atoms with Crippen LogP contribution in [0.5, 0.6) is 5.75 Å². The molecule has 0 saturated heterocycles. The quantitative estimate of drug-likeness (QED) is 0.462. The molecule has 0 radical (unpaired) electrons. The van der Waals surface area contributed by atoms with E-state index in [1.54, 1.807) is 7.05 Å². The normalized spacial score (nSPS) is 9.37. The van der Waals surface area contributed by atoms with Gasteiger partial charge in [-0.05, 0) is 19.2 Å². The standard InChI is InChI=1S/C11H15N3O4.ClH/c1-12-5-6-13-11(15)8-3-4-10(18-2)9(7-8)14(16)17;/h3-4,7,12H,5-6H2,1-2H3,(H,13,15);1H. The van der Waals surface area contributed by atoms with Gasteiger partial charge in [0.1, 0.15) is 0 Å². The van der Waals surface area contributed by atoms with E-state index in [0.717, 1.165) is 0 Å². The van der Waals surface area contributed by atoms with Crippen molar-refractivity contribution in [3.05, 3.63) is 33.9 Å². The topological polar surface area (TPSA) is 93.5 Å². The first-order valence-corrected chi connectivity index (χ1v) is 5.35. The van der Waals surface area contributed by atoms with E-state index in [4.69, 9.17) is 4.74 Å². The first-order chi connectivity index (χ1) is 8.60. The lowest BCUT2D eigenvalue weighted by atomic mass is 10.1. The second kappa shape index (κ2) is 8.28. The number of nitro benzene ring substituents is 1. The van der Waals surface area contributed by atoms with Crippen LogP contribution in [0.1, 0.15) is 10.4 Å². The number of nitrogens with zero attached hydrogens (tertiary/aromatic N) is 1. The highest BCUT2D eigenvalue weighted by molar-refractivity contribution is 5.95. The summed E-state index contributed by atoms with van der Waals surface area (Å²) in [6, 6.07) is 4.10. The Balaban J connectivity index is 0.00000324. The Morgan fingerprint density at radius 1 is 1.42 bits per heavy atom. The summed E-state index contributed by atoms with van der Waals surface area (Å²) >= 11 is 0. The number of hydrogen-bond donors (Lipinski definition) is 2. The third-order valence-corrected chi connectivity index (χ3v) is 2.30. The zero-order valence-electron chi connectivity index (χ0n) is 10.6. The summed E-state index contributed by atoms with van der Waals surface area (Å²) in [6.45, 7) is 1.08. The number of rotatable bonds is 6. The van der Waals surface area contributed by atoms with Crippen molar-refractivity contribution in [2.45, 2.75) is 0 Å². The summed E-state index contributed by atoms with van der Waals surface area (Å²) in [7, 11) is 3.11. The van der Waals surface area contributed by atoms with Crippen molar-refractivity contribution in [3.63, 3.8) is 0 Å². The molecule has 1 aromatic carbocycles. The fraction of sp³-hybridized carbons (Fsp3) is 0.364. The van der Waals surface area contributed by atoms with E-state index in [0.29, 0.717) is 13.1 Å². The minimum absolute atomic E-state index is 0. The lowest BCUT2D eigenvalue weighted by Gasteiger charge is -2.06. The second-order valence-corrected chi connectivity index (χ2v) is 3.50. The van der Waals surface area contributed by atoms with Gasteiger partial charge in [0.15, 0.2) is 5.75 Å². The number of methoxy groups -OCH3 is 1. The Morgan fingerprint density at radius 2 is 2.11 bits per heavy atom. The average molecular weight is 290 g/mol. The van der Waals surface area contributed by atoms with Crippen LogP contribution in [-0.4, -0.2) is 38.1 Å². The van der Waals surface area contributed by atoms with E-state index in [2.05, 4.69) is 10.6 Å². The smallest absolute Gasteiger partial charge is 0.311 e. The summed E-state index contributed by atoms with van der Waals surface area (Å²) in [6.07, 6.45) is 0. The van der Waals surface area contributed by atoms with Gasteiger partial charge >= 0.3 is 5.69 Å². The zero-order valence-corrected chi connectivity index (χ0v) is 11.5. The van der Waals surface area contributed by atoms with Crippen LogP contribution in [0.15, 0.2) is 18.2 Å². The van der Waals surface area contributed by atoms with Crippen molar-refractivity contribution in [1.82, 2.24) is 10.6 Å². The van der Waals surface area contributed by atoms with E-state index in [1.807, 2.05) is 0 Å². The number of carbonyl (C=O) groups excluding carboxylic acids is 1. The number of carbonyl (C=O) groups is 1. The van der Waals surface area contributed by atoms with Gasteiger partial charge < -0.3 is 15.4 Å². The van der Waals surface area contributed by atoms with Crippen LogP contribution in [-0.2, 0) is 0 Å². The number of hydrogen-bond acceptors (Lipinski definition) is 5. The molecular formula is C11H16ClN3O4. The largest absolute Gasteiger partial charge is 0.490 e. The molecule has 1 rings (SSSR count). The molecule has 0 heterocycles. The molecular weight excluding hydrogens is 274 g/mol. The predicted molar refractivity (Wildman–Crippen MR) is 73.2 cm³/mol. The van der Waals surface area contributed by atoms with Crippen LogP contribution in [0.3, 0.4) is 0 Å². The first-order valence-electron chi connectivity index (χ1n) is 5.35. The van der Waals surface area contributed by atoms with Crippen LogP contribution in [0.2, 0.25) is 0 Å². The number of benzene rings is 1. The van der Waals surface area contributed by atoms with E-state index in [1.165, 1.54) is 25.3 Å². The van der Waals surface area contributed by atoms with Gasteiger partial charge in [0.25, 0.3) is 5.91 Å². The molecule has 0 aliphatic rings. The number of likely N-dealkylation sites (N-methyl/N-ethyl adjacent to an activating group) is 1. The third kappa shape index (κ3) is 4.72. The fourth-order valence-corrected chi connectivity index (χ4v) is 1.38. The summed E-state index contributed by atoms with van der Waals surface area (Å²) in [5.41, 5.74) is 0.0115. The van der Waals surface area contributed by atoms with Crippen molar-refractivity contribution in [2.24, 2.45) is 0 Å². The molecule has 0 unspecified atom stereocenters. The maximum absolute atomic E-state index is 11.7. The minimum atomic E-state index is -0.580. The number of halogens is 1. The van der Waals surface area contributed by atoms with Gasteiger partial charge in [0.05, 0.1) is 12.0 Å². The molecule has 8 heteroatoms. The SMILES string of the molecule is CNCCNC(=O)c1ccc(OC)c([N+](=O)[O-])c1.Cl. The van der Waals surface area contributed by atoms with E-state index in [-0.39, 0.29) is 35.3 Å². The van der Waals surface area contributed by atoms with Crippen molar-refractivity contribution >= 4 is 24.0 Å². The van der Waals surface area contributed by atoms with Crippen LogP contribution in [0.25, 0.3) is 0 Å². The van der Waals surface area contributed by atoms with Gasteiger partial charge in [-0.3, -0.25) is 14.9 Å². The van der Waals surface area contributed by atoms with Gasteiger partial charge in [0, 0.05) is 24.7 Å². The van der Waals surface area contributed by atoms with Crippen LogP contribution in [0, 0.1) is 10.1 Å². The number of ether oxygens (including phenoxy) is 1. The van der Waals surface area contributed by atoms with E-state index >= 15 is 0 Å². The molecule has 19 heavy (non-hydrogen) atoms. The molecule has 7 nitrogen and oxygen atoms in total. The van der Waals surface area contributed by atoms with Gasteiger partial charge in [0.2, 0.25) is 0 Å². The Bertz CT molecular complexity index is 454.